The van der Waals surface area contributed by atoms with Crippen LogP contribution in [-0.4, -0.2) is 96.4 Å². The predicted molar refractivity (Wildman–Crippen MR) is 151 cm³/mol. The number of ether oxygens (including phenoxy) is 4. The normalized spacial score (nSPS) is 17.6. The minimum Gasteiger partial charge on any atom is -0.493 e. The Bertz CT molecular complexity index is 1340. The van der Waals surface area contributed by atoms with Crippen molar-refractivity contribution in [1.82, 2.24) is 19.6 Å². The zero-order valence-electron chi connectivity index (χ0n) is 24.2. The van der Waals surface area contributed by atoms with Crippen molar-refractivity contribution in [3.8, 4) is 17.2 Å². The highest BCUT2D eigenvalue weighted by Crippen LogP contribution is 2.29. The molecule has 2 aromatic carbocycles. The van der Waals surface area contributed by atoms with E-state index >= 15 is 0 Å². The van der Waals surface area contributed by atoms with Crippen LogP contribution < -0.4 is 14.2 Å². The van der Waals surface area contributed by atoms with Crippen LogP contribution in [0.25, 0.3) is 0 Å². The molecule has 1 fully saturated rings. The largest absolute Gasteiger partial charge is 0.493 e. The number of β-amino-alcohol motifs (C(OH)–C–C–N with tert-alkyl or cyclic N) is 1. The number of carbonyl (C=O) groups is 1. The average molecular weight is 589 g/mol. The number of amides is 1. The fourth-order valence-electron chi connectivity index (χ4n) is 4.87. The first-order valence-electron chi connectivity index (χ1n) is 13.8. The molecule has 1 aliphatic heterocycles. The molecule has 1 atom stereocenters. The van der Waals surface area contributed by atoms with Gasteiger partial charge in [-0.3, -0.25) is 14.4 Å². The number of aromatic nitrogens is 2. The average Bonchev–Trinajstić information content (AvgIpc) is 3.30. The lowest BCUT2D eigenvalue weighted by Crippen LogP contribution is -2.52. The van der Waals surface area contributed by atoms with Crippen LogP contribution in [0.4, 0.5) is 8.78 Å². The Kier molecular flexibility index (Phi) is 10.7. The number of halogens is 2. The van der Waals surface area contributed by atoms with Gasteiger partial charge in [0.15, 0.2) is 23.1 Å². The topological polar surface area (TPSA) is 98.5 Å². The van der Waals surface area contributed by atoms with Gasteiger partial charge in [0, 0.05) is 58.5 Å². The summed E-state index contributed by atoms with van der Waals surface area (Å²) in [4.78, 5) is 16.2. The van der Waals surface area contributed by atoms with Crippen molar-refractivity contribution in [1.29, 1.82) is 0 Å². The summed E-state index contributed by atoms with van der Waals surface area (Å²) in [5.41, 5.74) is 0.531. The smallest absolute Gasteiger partial charge is 0.248 e. The first kappa shape index (κ1) is 31.2. The van der Waals surface area contributed by atoms with E-state index in [1.165, 1.54) is 18.1 Å². The number of rotatable bonds is 13. The molecule has 0 spiro atoms. The molecule has 1 aliphatic rings. The second-order valence-corrected chi connectivity index (χ2v) is 10.5. The highest BCUT2D eigenvalue weighted by atomic mass is 19.2. The molecule has 0 aliphatic carbocycles. The third kappa shape index (κ3) is 8.63. The summed E-state index contributed by atoms with van der Waals surface area (Å²) in [5, 5.41) is 15.9. The van der Waals surface area contributed by atoms with Crippen molar-refractivity contribution in [3.63, 3.8) is 0 Å². The summed E-state index contributed by atoms with van der Waals surface area (Å²) in [7, 11) is 3.02. The van der Waals surface area contributed by atoms with Gasteiger partial charge in [-0.2, -0.15) is 5.10 Å². The molecule has 10 nitrogen and oxygen atoms in total. The van der Waals surface area contributed by atoms with Gasteiger partial charge >= 0.3 is 0 Å². The minimum absolute atomic E-state index is 0.0118. The zero-order valence-corrected chi connectivity index (χ0v) is 24.2. The zero-order chi connectivity index (χ0) is 30.1. The Labute approximate surface area is 244 Å². The fourth-order valence-corrected chi connectivity index (χ4v) is 4.87. The molecule has 1 N–H and O–H groups in total. The van der Waals surface area contributed by atoms with Crippen molar-refractivity contribution >= 4 is 5.91 Å². The van der Waals surface area contributed by atoms with Crippen molar-refractivity contribution in [3.05, 3.63) is 71.6 Å². The van der Waals surface area contributed by atoms with Gasteiger partial charge in [0.1, 0.15) is 24.6 Å². The predicted octanol–water partition coefficient (Wildman–Crippen LogP) is 3.05. The lowest BCUT2D eigenvalue weighted by atomic mass is 10.0. The van der Waals surface area contributed by atoms with Crippen LogP contribution in [0.5, 0.6) is 17.2 Å². The van der Waals surface area contributed by atoms with Gasteiger partial charge in [-0.05, 0) is 42.3 Å². The van der Waals surface area contributed by atoms with E-state index in [4.69, 9.17) is 18.9 Å². The lowest BCUT2D eigenvalue weighted by molar-refractivity contribution is -0.138. The standard InChI is InChI=1S/C30H38F2N4O6/c1-22-15-33-36(16-22)9-4-12-41-28-13-23(5-8-27(28)40-3)17-34-10-11-35(29(37)18-39-2)20-30(38,19-34)21-42-24-6-7-25(31)26(32)14-24/h5-8,13-16,38H,4,9-12,17-21H2,1-3H3/t30-/m1/s1. The third-order valence-corrected chi connectivity index (χ3v) is 6.89. The van der Waals surface area contributed by atoms with E-state index in [1.807, 2.05) is 47.1 Å². The molecule has 1 amide bonds. The molecule has 0 bridgehead atoms. The first-order chi connectivity index (χ1) is 20.2. The summed E-state index contributed by atoms with van der Waals surface area (Å²) >= 11 is 0. The highest BCUT2D eigenvalue weighted by molar-refractivity contribution is 5.77. The van der Waals surface area contributed by atoms with Crippen LogP contribution in [0.1, 0.15) is 17.5 Å². The maximum atomic E-state index is 13.7. The Balaban J connectivity index is 1.44. The molecular weight excluding hydrogens is 550 g/mol. The van der Waals surface area contributed by atoms with E-state index in [2.05, 4.69) is 5.10 Å². The number of methoxy groups -OCH3 is 2. The lowest BCUT2D eigenvalue weighted by Gasteiger charge is -2.33. The second kappa shape index (κ2) is 14.4. The molecule has 0 unspecified atom stereocenters. The van der Waals surface area contributed by atoms with Crippen LogP contribution in [0, 0.1) is 18.6 Å². The second-order valence-electron chi connectivity index (χ2n) is 10.5. The summed E-state index contributed by atoms with van der Waals surface area (Å²) in [6, 6.07) is 8.85. The Morgan fingerprint density at radius 3 is 2.60 bits per heavy atom. The molecule has 0 radical (unpaired) electrons. The van der Waals surface area contributed by atoms with Crippen LogP contribution >= 0.6 is 0 Å². The Morgan fingerprint density at radius 2 is 1.88 bits per heavy atom. The van der Waals surface area contributed by atoms with Crippen molar-refractivity contribution in [2.75, 3.05) is 60.2 Å². The molecule has 12 heteroatoms. The number of aryl methyl sites for hydroxylation is 2. The molecule has 1 saturated heterocycles. The van der Waals surface area contributed by atoms with E-state index in [0.717, 1.165) is 36.2 Å². The first-order valence-corrected chi connectivity index (χ1v) is 13.8. The van der Waals surface area contributed by atoms with E-state index in [1.54, 1.807) is 7.11 Å². The van der Waals surface area contributed by atoms with Gasteiger partial charge in [0.05, 0.1) is 26.5 Å². The third-order valence-electron chi connectivity index (χ3n) is 6.89. The van der Waals surface area contributed by atoms with Gasteiger partial charge in [-0.1, -0.05) is 6.07 Å². The minimum atomic E-state index is -1.50. The SMILES string of the molecule is COCC(=O)N1CCN(Cc2ccc(OC)c(OCCCn3cc(C)cn3)c2)C[C@](O)(COc2ccc(F)c(F)c2)C1. The van der Waals surface area contributed by atoms with E-state index < -0.39 is 17.2 Å². The van der Waals surface area contributed by atoms with Gasteiger partial charge < -0.3 is 29.0 Å². The van der Waals surface area contributed by atoms with Crippen LogP contribution in [0.2, 0.25) is 0 Å². The van der Waals surface area contributed by atoms with Gasteiger partial charge in [0.2, 0.25) is 5.91 Å². The molecule has 0 saturated carbocycles. The maximum absolute atomic E-state index is 13.7. The number of benzene rings is 2. The van der Waals surface area contributed by atoms with Crippen LogP contribution in [-0.2, 0) is 22.6 Å². The number of carbonyl (C=O) groups excluding carboxylic acids is 1. The molecule has 2 heterocycles. The van der Waals surface area contributed by atoms with E-state index in [-0.39, 0.29) is 38.0 Å². The number of hydrogen-bond donors (Lipinski definition) is 1. The highest BCUT2D eigenvalue weighted by Gasteiger charge is 2.37. The summed E-state index contributed by atoms with van der Waals surface area (Å²) in [6.07, 6.45) is 4.56. The molecule has 42 heavy (non-hydrogen) atoms. The van der Waals surface area contributed by atoms with Crippen molar-refractivity contribution in [2.24, 2.45) is 0 Å². The number of nitrogens with zero attached hydrogens (tertiary/aromatic N) is 4. The van der Waals surface area contributed by atoms with E-state index in [9.17, 15) is 18.7 Å². The van der Waals surface area contributed by atoms with Crippen molar-refractivity contribution < 1.29 is 37.6 Å². The quantitative estimate of drug-likeness (QED) is 0.305. The Hall–Kier alpha value is -3.74. The van der Waals surface area contributed by atoms with Gasteiger partial charge in [-0.15, -0.1) is 0 Å². The molecule has 228 valence electrons. The summed E-state index contributed by atoms with van der Waals surface area (Å²) in [5.74, 6) is -1.02. The summed E-state index contributed by atoms with van der Waals surface area (Å²) in [6.45, 7) is 4.28. The number of aliphatic hydroxyl groups is 1. The van der Waals surface area contributed by atoms with Crippen molar-refractivity contribution in [2.45, 2.75) is 32.0 Å². The van der Waals surface area contributed by atoms with Crippen LogP contribution in [0.15, 0.2) is 48.8 Å². The maximum Gasteiger partial charge on any atom is 0.248 e. The monoisotopic (exact) mass is 588 g/mol. The molecular formula is C30H38F2N4O6. The van der Waals surface area contributed by atoms with E-state index in [0.29, 0.717) is 37.7 Å². The summed E-state index contributed by atoms with van der Waals surface area (Å²) < 4.78 is 51.2. The van der Waals surface area contributed by atoms with Gasteiger partial charge in [-0.25, -0.2) is 8.78 Å². The van der Waals surface area contributed by atoms with Gasteiger partial charge in [0.25, 0.3) is 0 Å². The number of hydrogen-bond acceptors (Lipinski definition) is 8. The molecule has 1 aromatic heterocycles. The fraction of sp³-hybridized carbons (Fsp3) is 0.467. The molecule has 4 rings (SSSR count). The Morgan fingerprint density at radius 1 is 1.05 bits per heavy atom. The van der Waals surface area contributed by atoms with Crippen LogP contribution in [0.3, 0.4) is 0 Å². The molecule has 3 aromatic rings.